The van der Waals surface area contributed by atoms with Crippen LogP contribution < -0.4 is 0 Å². The Labute approximate surface area is 196 Å². The minimum absolute atomic E-state index is 0.232. The number of pyridine rings is 1. The molecule has 0 aliphatic heterocycles. The summed E-state index contributed by atoms with van der Waals surface area (Å²) in [5.74, 6) is 1.66. The van der Waals surface area contributed by atoms with Crippen molar-refractivity contribution in [2.45, 2.75) is 32.1 Å². The second kappa shape index (κ2) is 10.3. The van der Waals surface area contributed by atoms with Crippen LogP contribution in [0.2, 0.25) is 0 Å². The second-order valence-electron chi connectivity index (χ2n) is 7.72. The zero-order chi connectivity index (χ0) is 22.3. The van der Waals surface area contributed by atoms with Gasteiger partial charge in [0.15, 0.2) is 5.82 Å². The number of nitrogens with zero attached hydrogens (tertiary/aromatic N) is 6. The maximum absolute atomic E-state index is 5.71. The van der Waals surface area contributed by atoms with Gasteiger partial charge in [-0.1, -0.05) is 42.5 Å². The van der Waals surface area contributed by atoms with E-state index in [1.165, 1.54) is 10.4 Å². The Bertz CT molecular complexity index is 1190. The first-order valence-electron chi connectivity index (χ1n) is 10.9. The molecule has 0 fully saturated rings. The Morgan fingerprint density at radius 1 is 0.939 bits per heavy atom. The van der Waals surface area contributed by atoms with Gasteiger partial charge >= 0.3 is 0 Å². The van der Waals surface area contributed by atoms with Crippen LogP contribution in [0.5, 0.6) is 0 Å². The Balaban J connectivity index is 1.50. The van der Waals surface area contributed by atoms with E-state index in [1.807, 2.05) is 47.3 Å². The van der Waals surface area contributed by atoms with Crippen molar-refractivity contribution in [3.8, 4) is 0 Å². The fourth-order valence-corrected chi connectivity index (χ4v) is 4.64. The molecule has 1 atom stereocenters. The van der Waals surface area contributed by atoms with E-state index >= 15 is 0 Å². The number of aryl methyl sites for hydroxylation is 2. The molecular weight excluding hydrogens is 432 g/mol. The summed E-state index contributed by atoms with van der Waals surface area (Å²) in [6, 6.07) is 24.2. The predicted octanol–water partition coefficient (Wildman–Crippen LogP) is 4.76. The zero-order valence-corrected chi connectivity index (χ0v) is 18.9. The SMILES string of the molecule is c1ccc(CCn2nnnc2[C@H](c2ccccn2)N(Cc2ccco2)Cc2cccs2)cc1. The number of rotatable bonds is 10. The topological polar surface area (TPSA) is 72.9 Å². The van der Waals surface area contributed by atoms with Crippen LogP contribution in [0.25, 0.3) is 0 Å². The molecule has 0 radical (unpaired) electrons. The van der Waals surface area contributed by atoms with Crippen molar-refractivity contribution in [3.63, 3.8) is 0 Å². The lowest BCUT2D eigenvalue weighted by Gasteiger charge is -2.29. The summed E-state index contributed by atoms with van der Waals surface area (Å²) in [7, 11) is 0. The normalized spacial score (nSPS) is 12.3. The van der Waals surface area contributed by atoms with Crippen LogP contribution in [0, 0.1) is 0 Å². The molecule has 0 amide bonds. The molecule has 4 aromatic heterocycles. The molecule has 0 saturated heterocycles. The third-order valence-corrected chi connectivity index (χ3v) is 6.33. The van der Waals surface area contributed by atoms with Gasteiger partial charge in [-0.15, -0.1) is 16.4 Å². The van der Waals surface area contributed by atoms with Crippen LogP contribution in [0.4, 0.5) is 0 Å². The molecule has 0 spiro atoms. The van der Waals surface area contributed by atoms with Crippen LogP contribution in [-0.2, 0) is 26.1 Å². The Hall–Kier alpha value is -3.62. The molecule has 5 rings (SSSR count). The van der Waals surface area contributed by atoms with E-state index in [1.54, 1.807) is 17.6 Å². The van der Waals surface area contributed by atoms with Gasteiger partial charge in [0.2, 0.25) is 0 Å². The van der Waals surface area contributed by atoms with Crippen molar-refractivity contribution in [3.05, 3.63) is 118 Å². The van der Waals surface area contributed by atoms with Crippen molar-refractivity contribution >= 4 is 11.3 Å². The molecule has 5 aromatic rings. The molecule has 0 aliphatic rings. The van der Waals surface area contributed by atoms with E-state index < -0.39 is 0 Å². The molecule has 8 heteroatoms. The van der Waals surface area contributed by atoms with Gasteiger partial charge in [0, 0.05) is 24.2 Å². The molecule has 0 bridgehead atoms. The van der Waals surface area contributed by atoms with Crippen LogP contribution in [0.3, 0.4) is 0 Å². The molecule has 4 heterocycles. The fraction of sp³-hybridized carbons (Fsp3) is 0.200. The quantitative estimate of drug-likeness (QED) is 0.302. The van der Waals surface area contributed by atoms with E-state index in [9.17, 15) is 0 Å². The molecule has 33 heavy (non-hydrogen) atoms. The third kappa shape index (κ3) is 5.24. The first-order valence-corrected chi connectivity index (χ1v) is 11.7. The Morgan fingerprint density at radius 3 is 2.61 bits per heavy atom. The number of hydrogen-bond donors (Lipinski definition) is 0. The monoisotopic (exact) mass is 456 g/mol. The van der Waals surface area contributed by atoms with Crippen LogP contribution in [0.1, 0.15) is 33.8 Å². The largest absolute Gasteiger partial charge is 0.468 e. The van der Waals surface area contributed by atoms with E-state index in [-0.39, 0.29) is 6.04 Å². The molecule has 1 aromatic carbocycles. The highest BCUT2D eigenvalue weighted by Gasteiger charge is 2.30. The van der Waals surface area contributed by atoms with Crippen LogP contribution in [-0.4, -0.2) is 30.1 Å². The van der Waals surface area contributed by atoms with Crippen molar-refractivity contribution in [1.82, 2.24) is 30.1 Å². The van der Waals surface area contributed by atoms with E-state index in [0.717, 1.165) is 30.2 Å². The fourth-order valence-electron chi connectivity index (χ4n) is 3.91. The molecule has 0 saturated carbocycles. The third-order valence-electron chi connectivity index (χ3n) is 5.47. The van der Waals surface area contributed by atoms with Crippen molar-refractivity contribution in [2.24, 2.45) is 0 Å². The molecule has 0 N–H and O–H groups in total. The standard InChI is InChI=1S/C25H24N6OS/c1-2-8-20(9-3-1)13-15-31-25(27-28-29-31)24(23-12-4-5-14-26-23)30(18-21-10-6-16-32-21)19-22-11-7-17-33-22/h1-12,14,16-17,24H,13,15,18-19H2/t24-/m0/s1. The molecular formula is C25H24N6OS. The minimum Gasteiger partial charge on any atom is -0.468 e. The first-order chi connectivity index (χ1) is 16.4. The number of hydrogen-bond acceptors (Lipinski definition) is 7. The lowest BCUT2D eigenvalue weighted by atomic mass is 10.1. The zero-order valence-electron chi connectivity index (χ0n) is 18.1. The summed E-state index contributed by atoms with van der Waals surface area (Å²) >= 11 is 1.73. The van der Waals surface area contributed by atoms with Crippen molar-refractivity contribution in [1.29, 1.82) is 0 Å². The summed E-state index contributed by atoms with van der Waals surface area (Å²) in [6.07, 6.45) is 4.37. The van der Waals surface area contributed by atoms with Gasteiger partial charge in [-0.3, -0.25) is 9.88 Å². The number of aromatic nitrogens is 5. The van der Waals surface area contributed by atoms with Crippen LogP contribution in [0.15, 0.2) is 95.1 Å². The van der Waals surface area contributed by atoms with Gasteiger partial charge in [-0.05, 0) is 58.1 Å². The Morgan fingerprint density at radius 2 is 1.85 bits per heavy atom. The van der Waals surface area contributed by atoms with E-state index in [0.29, 0.717) is 13.1 Å². The predicted molar refractivity (Wildman–Crippen MR) is 126 cm³/mol. The lowest BCUT2D eigenvalue weighted by Crippen LogP contribution is -2.31. The molecule has 166 valence electrons. The van der Waals surface area contributed by atoms with Crippen molar-refractivity contribution < 1.29 is 4.42 Å². The van der Waals surface area contributed by atoms with Gasteiger partial charge in [-0.25, -0.2) is 4.68 Å². The highest BCUT2D eigenvalue weighted by atomic mass is 32.1. The van der Waals surface area contributed by atoms with Crippen molar-refractivity contribution in [2.75, 3.05) is 0 Å². The smallest absolute Gasteiger partial charge is 0.174 e. The van der Waals surface area contributed by atoms with Gasteiger partial charge < -0.3 is 4.42 Å². The maximum Gasteiger partial charge on any atom is 0.174 e. The summed E-state index contributed by atoms with van der Waals surface area (Å²) in [6.45, 7) is 2.02. The Kier molecular flexibility index (Phi) is 6.65. The number of furan rings is 1. The second-order valence-corrected chi connectivity index (χ2v) is 8.75. The van der Waals surface area contributed by atoms with Crippen LogP contribution >= 0.6 is 11.3 Å². The molecule has 7 nitrogen and oxygen atoms in total. The average Bonchev–Trinajstić information content (AvgIpc) is 3.64. The first kappa shape index (κ1) is 21.2. The molecule has 0 unspecified atom stereocenters. The number of tetrazole rings is 1. The highest BCUT2D eigenvalue weighted by Crippen LogP contribution is 2.30. The maximum atomic E-state index is 5.71. The van der Waals surface area contributed by atoms with Gasteiger partial charge in [0.25, 0.3) is 0 Å². The van der Waals surface area contributed by atoms with E-state index in [2.05, 4.69) is 62.2 Å². The highest BCUT2D eigenvalue weighted by molar-refractivity contribution is 7.09. The number of benzene rings is 1. The lowest BCUT2D eigenvalue weighted by molar-refractivity contribution is 0.178. The van der Waals surface area contributed by atoms with Gasteiger partial charge in [-0.2, -0.15) is 0 Å². The average molecular weight is 457 g/mol. The van der Waals surface area contributed by atoms with Gasteiger partial charge in [0.1, 0.15) is 11.8 Å². The minimum atomic E-state index is -0.232. The van der Waals surface area contributed by atoms with Gasteiger partial charge in [0.05, 0.1) is 18.5 Å². The summed E-state index contributed by atoms with van der Waals surface area (Å²) in [5, 5.41) is 15.0. The summed E-state index contributed by atoms with van der Waals surface area (Å²) < 4.78 is 7.60. The molecule has 0 aliphatic carbocycles. The summed E-state index contributed by atoms with van der Waals surface area (Å²) in [4.78, 5) is 8.27. The van der Waals surface area contributed by atoms with E-state index in [4.69, 9.17) is 9.40 Å². The summed E-state index contributed by atoms with van der Waals surface area (Å²) in [5.41, 5.74) is 2.15. The number of thiophene rings is 1.